The predicted octanol–water partition coefficient (Wildman–Crippen LogP) is 3.45. The first-order chi connectivity index (χ1) is 15.4. The molecule has 1 N–H and O–H groups in total. The van der Waals surface area contributed by atoms with Crippen LogP contribution in [0.15, 0.2) is 12.1 Å². The molecule has 0 bridgehead atoms. The minimum absolute atomic E-state index is 0.0408. The first-order valence-corrected chi connectivity index (χ1v) is 11.4. The topological polar surface area (TPSA) is 108 Å². The van der Waals surface area contributed by atoms with Crippen molar-refractivity contribution in [3.63, 3.8) is 0 Å². The molecule has 0 unspecified atom stereocenters. The first-order valence-electron chi connectivity index (χ1n) is 11.0. The van der Waals surface area contributed by atoms with Crippen molar-refractivity contribution in [3.8, 4) is 0 Å². The number of nitro groups is 1. The van der Waals surface area contributed by atoms with Gasteiger partial charge in [0.1, 0.15) is 11.3 Å². The van der Waals surface area contributed by atoms with Crippen LogP contribution in [0.3, 0.4) is 0 Å². The Hall–Kier alpha value is -2.59. The second-order valence-corrected chi connectivity index (χ2v) is 10.2. The summed E-state index contributed by atoms with van der Waals surface area (Å²) in [6, 6.07) is 3.09. The third-order valence-electron chi connectivity index (χ3n) is 5.82. The standard InChI is InChI=1S/C22H32ClN5O5/c1-22(2,3)33-21(30)26-8-6-15(7-9-26)27-12-14(13-27)24-18-11-17(23)16(20(29)25(4)5)10-19(18)28(31)32/h10-11,14-15,24H,6-9,12-13H2,1-5H3. The van der Waals surface area contributed by atoms with E-state index >= 15 is 0 Å². The van der Waals surface area contributed by atoms with Crippen molar-refractivity contribution in [3.05, 3.63) is 32.8 Å². The number of ether oxygens (including phenoxy) is 1. The minimum Gasteiger partial charge on any atom is -0.444 e. The van der Waals surface area contributed by atoms with Crippen molar-refractivity contribution < 1.29 is 19.2 Å². The predicted molar refractivity (Wildman–Crippen MR) is 126 cm³/mol. The van der Waals surface area contributed by atoms with Gasteiger partial charge in [-0.25, -0.2) is 4.79 Å². The third-order valence-corrected chi connectivity index (χ3v) is 6.13. The molecule has 10 nitrogen and oxygen atoms in total. The highest BCUT2D eigenvalue weighted by Gasteiger charge is 2.36. The monoisotopic (exact) mass is 481 g/mol. The highest BCUT2D eigenvalue weighted by Crippen LogP contribution is 2.34. The van der Waals surface area contributed by atoms with E-state index in [1.165, 1.54) is 17.0 Å². The fraction of sp³-hybridized carbons (Fsp3) is 0.636. The van der Waals surface area contributed by atoms with Gasteiger partial charge in [0, 0.05) is 52.4 Å². The molecule has 0 spiro atoms. The largest absolute Gasteiger partial charge is 0.444 e. The number of piperidine rings is 1. The molecule has 2 aliphatic rings. The molecular weight excluding hydrogens is 450 g/mol. The molecule has 2 aliphatic heterocycles. The zero-order valence-electron chi connectivity index (χ0n) is 19.8. The highest BCUT2D eigenvalue weighted by molar-refractivity contribution is 6.34. The van der Waals surface area contributed by atoms with Gasteiger partial charge in [0.2, 0.25) is 0 Å². The van der Waals surface area contributed by atoms with Crippen molar-refractivity contribution >= 4 is 35.0 Å². The Kier molecular flexibility index (Phi) is 7.38. The van der Waals surface area contributed by atoms with Crippen LogP contribution in [0.25, 0.3) is 0 Å². The molecular formula is C22H32ClN5O5. The smallest absolute Gasteiger partial charge is 0.410 e. The molecule has 11 heteroatoms. The summed E-state index contributed by atoms with van der Waals surface area (Å²) in [7, 11) is 3.13. The van der Waals surface area contributed by atoms with Crippen LogP contribution in [0, 0.1) is 10.1 Å². The van der Waals surface area contributed by atoms with E-state index in [1.54, 1.807) is 19.0 Å². The number of nitrogens with zero attached hydrogens (tertiary/aromatic N) is 4. The van der Waals surface area contributed by atoms with Gasteiger partial charge in [-0.2, -0.15) is 0 Å². The van der Waals surface area contributed by atoms with Crippen LogP contribution in [-0.4, -0.2) is 89.6 Å². The molecule has 2 heterocycles. The minimum atomic E-state index is -0.506. The van der Waals surface area contributed by atoms with Crippen LogP contribution < -0.4 is 5.32 Å². The fourth-order valence-corrected chi connectivity index (χ4v) is 4.34. The summed E-state index contributed by atoms with van der Waals surface area (Å²) >= 11 is 6.26. The SMILES string of the molecule is CN(C)C(=O)c1cc([N+](=O)[O-])c(NC2CN(C3CCN(C(=O)OC(C)(C)C)CC3)C2)cc1Cl. The lowest BCUT2D eigenvalue weighted by atomic mass is 9.97. The molecule has 0 radical (unpaired) electrons. The van der Waals surface area contributed by atoms with Gasteiger partial charge < -0.3 is 19.9 Å². The Bertz CT molecular complexity index is 918. The third kappa shape index (κ3) is 6.05. The second-order valence-electron chi connectivity index (χ2n) is 9.80. The lowest BCUT2D eigenvalue weighted by molar-refractivity contribution is -0.384. The molecule has 2 saturated heterocycles. The molecule has 1 aromatic carbocycles. The van der Waals surface area contributed by atoms with Crippen LogP contribution in [0.1, 0.15) is 44.0 Å². The number of nitrogens with one attached hydrogen (secondary N) is 1. The molecule has 1 aromatic rings. The van der Waals surface area contributed by atoms with Crippen molar-refractivity contribution in [2.24, 2.45) is 0 Å². The first kappa shape index (κ1) is 25.0. The molecule has 182 valence electrons. The molecule has 3 rings (SSSR count). The average Bonchev–Trinajstić information content (AvgIpc) is 2.68. The number of halogens is 1. The van der Waals surface area contributed by atoms with Gasteiger partial charge in [-0.3, -0.25) is 19.8 Å². The van der Waals surface area contributed by atoms with Gasteiger partial charge in [0.15, 0.2) is 0 Å². The van der Waals surface area contributed by atoms with Crippen LogP contribution >= 0.6 is 11.6 Å². The molecule has 0 saturated carbocycles. The Morgan fingerprint density at radius 1 is 1.21 bits per heavy atom. The number of carbonyl (C=O) groups is 2. The van der Waals surface area contributed by atoms with Crippen LogP contribution in [0.4, 0.5) is 16.2 Å². The summed E-state index contributed by atoms with van der Waals surface area (Å²) in [5.41, 5.74) is -0.266. The van der Waals surface area contributed by atoms with Crippen molar-refractivity contribution in [1.82, 2.24) is 14.7 Å². The van der Waals surface area contributed by atoms with Gasteiger partial charge in [0.25, 0.3) is 11.6 Å². The number of hydrogen-bond acceptors (Lipinski definition) is 7. The van der Waals surface area contributed by atoms with Gasteiger partial charge in [-0.15, -0.1) is 0 Å². The van der Waals surface area contributed by atoms with Crippen LogP contribution in [0.2, 0.25) is 5.02 Å². The van der Waals surface area contributed by atoms with Crippen LogP contribution in [-0.2, 0) is 4.74 Å². The van der Waals surface area contributed by atoms with Crippen LogP contribution in [0.5, 0.6) is 0 Å². The van der Waals surface area contributed by atoms with Gasteiger partial charge in [-0.1, -0.05) is 11.6 Å². The number of likely N-dealkylation sites (tertiary alicyclic amines) is 2. The zero-order chi connectivity index (χ0) is 24.5. The van der Waals surface area contributed by atoms with Gasteiger partial charge in [-0.05, 0) is 39.7 Å². The van der Waals surface area contributed by atoms with E-state index in [1.807, 2.05) is 20.8 Å². The van der Waals surface area contributed by atoms with E-state index in [0.717, 1.165) is 25.9 Å². The molecule has 0 aromatic heterocycles. The maximum Gasteiger partial charge on any atom is 0.410 e. The summed E-state index contributed by atoms with van der Waals surface area (Å²) < 4.78 is 5.45. The Morgan fingerprint density at radius 3 is 2.33 bits per heavy atom. The number of rotatable bonds is 5. The summed E-state index contributed by atoms with van der Waals surface area (Å²) in [6.45, 7) is 8.35. The lowest BCUT2D eigenvalue weighted by Gasteiger charge is -2.47. The van der Waals surface area contributed by atoms with E-state index in [0.29, 0.717) is 24.8 Å². The zero-order valence-corrected chi connectivity index (χ0v) is 20.5. The summed E-state index contributed by atoms with van der Waals surface area (Å²) in [4.78, 5) is 41.0. The highest BCUT2D eigenvalue weighted by atomic mass is 35.5. The fourth-order valence-electron chi connectivity index (χ4n) is 4.10. The quantitative estimate of drug-likeness (QED) is 0.506. The summed E-state index contributed by atoms with van der Waals surface area (Å²) in [5, 5.41) is 15.0. The maximum atomic E-state index is 12.3. The number of nitro benzene ring substituents is 1. The van der Waals surface area contributed by atoms with Crippen molar-refractivity contribution in [2.75, 3.05) is 45.6 Å². The molecule has 33 heavy (non-hydrogen) atoms. The second kappa shape index (κ2) is 9.72. The molecule has 0 atom stereocenters. The Morgan fingerprint density at radius 2 is 1.82 bits per heavy atom. The maximum absolute atomic E-state index is 12.3. The molecule has 2 amide bonds. The summed E-state index contributed by atoms with van der Waals surface area (Å²) in [6.07, 6.45) is 1.45. The number of amides is 2. The van der Waals surface area contributed by atoms with E-state index < -0.39 is 10.5 Å². The number of carbonyl (C=O) groups excluding carboxylic acids is 2. The van der Waals surface area contributed by atoms with E-state index in [-0.39, 0.29) is 34.3 Å². The van der Waals surface area contributed by atoms with Gasteiger partial charge in [0.05, 0.1) is 21.6 Å². The van der Waals surface area contributed by atoms with E-state index in [9.17, 15) is 19.7 Å². The molecule has 0 aliphatic carbocycles. The number of benzene rings is 1. The normalized spacial score (nSPS) is 17.9. The van der Waals surface area contributed by atoms with Crippen molar-refractivity contribution in [1.29, 1.82) is 0 Å². The summed E-state index contributed by atoms with van der Waals surface area (Å²) in [5.74, 6) is -0.387. The number of anilines is 1. The van der Waals surface area contributed by atoms with E-state index in [4.69, 9.17) is 16.3 Å². The Balaban J connectivity index is 1.55. The van der Waals surface area contributed by atoms with Gasteiger partial charge >= 0.3 is 6.09 Å². The lowest BCUT2D eigenvalue weighted by Crippen LogP contribution is -2.60. The molecule has 2 fully saturated rings. The Labute approximate surface area is 198 Å². The van der Waals surface area contributed by atoms with E-state index in [2.05, 4.69) is 10.2 Å². The number of hydrogen-bond donors (Lipinski definition) is 1. The van der Waals surface area contributed by atoms with Crippen molar-refractivity contribution in [2.45, 2.75) is 51.3 Å². The average molecular weight is 482 g/mol.